The highest BCUT2D eigenvalue weighted by Gasteiger charge is 2.42. The van der Waals surface area contributed by atoms with E-state index in [1.54, 1.807) is 16.9 Å². The lowest BCUT2D eigenvalue weighted by Crippen LogP contribution is -2.61. The van der Waals surface area contributed by atoms with Crippen molar-refractivity contribution in [1.82, 2.24) is 25.3 Å². The van der Waals surface area contributed by atoms with E-state index in [1.807, 2.05) is 37.3 Å². The first kappa shape index (κ1) is 19.4. The zero-order valence-electron chi connectivity index (χ0n) is 17.0. The van der Waals surface area contributed by atoms with Gasteiger partial charge < -0.3 is 15.3 Å². The summed E-state index contributed by atoms with van der Waals surface area (Å²) < 4.78 is 16.8. The van der Waals surface area contributed by atoms with E-state index in [1.165, 1.54) is 11.3 Å². The molecule has 2 N–H and O–H groups in total. The molecule has 0 amide bonds. The first-order valence-corrected chi connectivity index (χ1v) is 11.1. The number of rotatable bonds is 4. The van der Waals surface area contributed by atoms with Gasteiger partial charge in [-0.1, -0.05) is 23.8 Å². The Kier molecular flexibility index (Phi) is 4.94. The summed E-state index contributed by atoms with van der Waals surface area (Å²) >= 11 is 1.38. The van der Waals surface area contributed by atoms with Crippen molar-refractivity contribution < 1.29 is 9.50 Å². The number of phenolic OH excluding ortho intramolecular Hbond substituents is 1. The molecule has 4 atom stereocenters. The summed E-state index contributed by atoms with van der Waals surface area (Å²) in [5.74, 6) is 0.140. The Morgan fingerprint density at radius 3 is 2.90 bits per heavy atom. The summed E-state index contributed by atoms with van der Waals surface area (Å²) in [5, 5.41) is 28.1. The van der Waals surface area contributed by atoms with Crippen molar-refractivity contribution in [2.45, 2.75) is 50.0 Å². The number of phenols is 1. The van der Waals surface area contributed by atoms with Gasteiger partial charge in [-0.25, -0.2) is 4.39 Å². The molecule has 0 saturated carbocycles. The topological polar surface area (TPSA) is 79.1 Å². The molecule has 4 heterocycles. The average molecular weight is 429 g/mol. The van der Waals surface area contributed by atoms with Gasteiger partial charge in [-0.05, 0) is 37.0 Å². The van der Waals surface area contributed by atoms with Crippen LogP contribution >= 0.6 is 11.3 Å². The van der Waals surface area contributed by atoms with Crippen molar-refractivity contribution in [3.05, 3.63) is 30.6 Å². The van der Waals surface area contributed by atoms with E-state index in [-0.39, 0.29) is 17.8 Å². The zero-order valence-corrected chi connectivity index (χ0v) is 17.8. The third kappa shape index (κ3) is 3.45. The van der Waals surface area contributed by atoms with Gasteiger partial charge in [-0.2, -0.15) is 5.10 Å². The summed E-state index contributed by atoms with van der Waals surface area (Å²) in [6, 6.07) is 5.59. The molecule has 2 aliphatic rings. The number of hydrogen-bond donors (Lipinski definition) is 2. The average Bonchev–Trinajstić information content (AvgIpc) is 3.40. The number of aromatic nitrogens is 4. The van der Waals surface area contributed by atoms with E-state index < -0.39 is 6.17 Å². The predicted octanol–water partition coefficient (Wildman–Crippen LogP) is 3.37. The molecule has 5 rings (SSSR count). The molecule has 2 aromatic heterocycles. The Bertz CT molecular complexity index is 1050. The molecule has 0 unspecified atom stereocenters. The maximum atomic E-state index is 15.1. The number of piperidine rings is 2. The van der Waals surface area contributed by atoms with Crippen LogP contribution in [0.2, 0.25) is 0 Å². The van der Waals surface area contributed by atoms with Crippen LogP contribution in [0.5, 0.6) is 5.75 Å². The number of halogens is 1. The fourth-order valence-electron chi connectivity index (χ4n) is 4.62. The second kappa shape index (κ2) is 7.63. The highest BCUT2D eigenvalue weighted by molar-refractivity contribution is 7.18. The molecule has 158 valence electrons. The van der Waals surface area contributed by atoms with Crippen LogP contribution in [0.15, 0.2) is 30.6 Å². The predicted molar refractivity (Wildman–Crippen MR) is 115 cm³/mol. The Hall–Kier alpha value is -2.52. The number of benzene rings is 1. The number of aromatic hydroxyl groups is 1. The Morgan fingerprint density at radius 2 is 2.13 bits per heavy atom. The van der Waals surface area contributed by atoms with Gasteiger partial charge in [0.2, 0.25) is 5.13 Å². The molecule has 30 heavy (non-hydrogen) atoms. The van der Waals surface area contributed by atoms with Gasteiger partial charge in [0, 0.05) is 37.9 Å². The van der Waals surface area contributed by atoms with Crippen LogP contribution in [0, 0.1) is 0 Å². The highest BCUT2D eigenvalue weighted by atomic mass is 32.1. The molecule has 2 saturated heterocycles. The van der Waals surface area contributed by atoms with Crippen molar-refractivity contribution in [3.8, 4) is 27.4 Å². The van der Waals surface area contributed by atoms with Crippen LogP contribution in [0.3, 0.4) is 0 Å². The third-order valence-corrected chi connectivity index (χ3v) is 7.32. The fraction of sp³-hybridized carbons (Fsp3) is 0.476. The number of nitrogens with zero attached hydrogens (tertiary/aromatic N) is 5. The molecule has 1 aromatic carbocycles. The minimum absolute atomic E-state index is 0.0681. The van der Waals surface area contributed by atoms with Gasteiger partial charge in [0.15, 0.2) is 5.01 Å². The van der Waals surface area contributed by atoms with Gasteiger partial charge in [-0.15, -0.1) is 10.2 Å². The van der Waals surface area contributed by atoms with Crippen molar-refractivity contribution in [2.75, 3.05) is 11.9 Å². The quantitative estimate of drug-likeness (QED) is 0.663. The SMILES string of the molecule is CN(c1nnc(-c2ccc(-c3cnn(C)c3)cc2O)s1)[C@@H]1C[C@H]2CCC[C@H](N2)[C@@H]1F. The fourth-order valence-corrected chi connectivity index (χ4v) is 5.52. The smallest absolute Gasteiger partial charge is 0.208 e. The van der Waals surface area contributed by atoms with E-state index >= 15 is 4.39 Å². The number of aryl methyl sites for hydroxylation is 1. The number of anilines is 1. The molecule has 0 spiro atoms. The molecule has 0 aliphatic carbocycles. The van der Waals surface area contributed by atoms with E-state index in [4.69, 9.17) is 0 Å². The second-order valence-corrected chi connectivity index (χ2v) is 9.24. The van der Waals surface area contributed by atoms with E-state index in [0.29, 0.717) is 21.7 Å². The second-order valence-electron chi connectivity index (χ2n) is 8.28. The van der Waals surface area contributed by atoms with Crippen LogP contribution in [0.4, 0.5) is 9.52 Å². The van der Waals surface area contributed by atoms with E-state index in [0.717, 1.165) is 36.8 Å². The molecule has 0 radical (unpaired) electrons. The summed E-state index contributed by atoms with van der Waals surface area (Å²) in [6.45, 7) is 0. The summed E-state index contributed by atoms with van der Waals surface area (Å²) in [4.78, 5) is 1.93. The number of hydrogen-bond acceptors (Lipinski definition) is 7. The minimum atomic E-state index is -0.925. The monoisotopic (exact) mass is 428 g/mol. The molecular formula is C21H25FN6OS. The van der Waals surface area contributed by atoms with Crippen LogP contribution in [0.1, 0.15) is 25.7 Å². The normalized spacial score (nSPS) is 26.0. The zero-order chi connectivity index (χ0) is 20.8. The first-order valence-electron chi connectivity index (χ1n) is 10.3. The number of fused-ring (bicyclic) bond motifs is 2. The van der Waals surface area contributed by atoms with Gasteiger partial charge >= 0.3 is 0 Å². The first-order chi connectivity index (χ1) is 14.5. The van der Waals surface area contributed by atoms with Gasteiger partial charge in [0.25, 0.3) is 0 Å². The van der Waals surface area contributed by atoms with E-state index in [9.17, 15) is 5.11 Å². The highest BCUT2D eigenvalue weighted by Crippen LogP contribution is 2.38. The lowest BCUT2D eigenvalue weighted by atomic mass is 9.82. The largest absolute Gasteiger partial charge is 0.507 e. The molecule has 9 heteroatoms. The standard InChI is InChI=1S/C21H25FN6OS/c1-27-11-13(10-23-27)12-6-7-15(18(29)8-12)20-25-26-21(30-20)28(2)17-9-14-4-3-5-16(24-14)19(17)22/h6-8,10-11,14,16-17,19,24,29H,3-5,9H2,1-2H3/t14-,16+,17-,19+/m1/s1. The van der Waals surface area contributed by atoms with Crippen LogP contribution < -0.4 is 10.2 Å². The number of alkyl halides is 1. The summed E-state index contributed by atoms with van der Waals surface area (Å²) in [7, 11) is 3.75. The minimum Gasteiger partial charge on any atom is -0.507 e. The molecule has 2 bridgehead atoms. The number of nitrogens with one attached hydrogen (secondary N) is 1. The van der Waals surface area contributed by atoms with E-state index in [2.05, 4.69) is 20.6 Å². The molecule has 3 aromatic rings. The Balaban J connectivity index is 1.37. The van der Waals surface area contributed by atoms with Crippen molar-refractivity contribution in [3.63, 3.8) is 0 Å². The van der Waals surface area contributed by atoms with Gasteiger partial charge in [0.1, 0.15) is 11.9 Å². The molecular weight excluding hydrogens is 403 g/mol. The Morgan fingerprint density at radius 1 is 1.27 bits per heavy atom. The maximum absolute atomic E-state index is 15.1. The molecule has 2 fully saturated rings. The van der Waals surface area contributed by atoms with Crippen LogP contribution in [-0.4, -0.2) is 56.4 Å². The Labute approximate surface area is 178 Å². The molecule has 2 aliphatic heterocycles. The van der Waals surface area contributed by atoms with Crippen molar-refractivity contribution in [1.29, 1.82) is 0 Å². The molecule has 7 nitrogen and oxygen atoms in total. The lowest BCUT2D eigenvalue weighted by Gasteiger charge is -2.45. The lowest BCUT2D eigenvalue weighted by molar-refractivity contribution is 0.107. The van der Waals surface area contributed by atoms with Gasteiger partial charge in [0.05, 0.1) is 17.8 Å². The third-order valence-electron chi connectivity index (χ3n) is 6.28. The van der Waals surface area contributed by atoms with Crippen LogP contribution in [0.25, 0.3) is 21.7 Å². The van der Waals surface area contributed by atoms with Gasteiger partial charge in [-0.3, -0.25) is 4.68 Å². The maximum Gasteiger partial charge on any atom is 0.208 e. The van der Waals surface area contributed by atoms with Crippen molar-refractivity contribution in [2.24, 2.45) is 7.05 Å². The van der Waals surface area contributed by atoms with Crippen molar-refractivity contribution >= 4 is 16.5 Å². The summed E-state index contributed by atoms with van der Waals surface area (Å²) in [5.41, 5.74) is 2.44. The van der Waals surface area contributed by atoms with Crippen LogP contribution in [-0.2, 0) is 7.05 Å². The summed E-state index contributed by atoms with van der Waals surface area (Å²) in [6.07, 6.45) is 6.59.